The second-order valence-electron chi connectivity index (χ2n) is 17.8. The van der Waals surface area contributed by atoms with Crippen LogP contribution in [-0.2, 0) is 5.41 Å². The fourth-order valence-electron chi connectivity index (χ4n) is 12.0. The summed E-state index contributed by atoms with van der Waals surface area (Å²) in [5.74, 6) is 4.37. The van der Waals surface area contributed by atoms with E-state index in [4.69, 9.17) is 0 Å². The van der Waals surface area contributed by atoms with Gasteiger partial charge in [0.1, 0.15) is 0 Å². The molecule has 0 saturated heterocycles. The van der Waals surface area contributed by atoms with Crippen molar-refractivity contribution in [1.29, 1.82) is 0 Å². The Balaban J connectivity index is 1.14. The molecule has 0 aromatic heterocycles. The van der Waals surface area contributed by atoms with E-state index in [1.54, 1.807) is 5.56 Å². The van der Waals surface area contributed by atoms with E-state index in [-0.39, 0.29) is 5.41 Å². The standard InChI is InChI=1S/C55H49N/c1-55(2)50-23-13-11-21-46(50)49-34-48(39-17-7-4-8-18-39)53(35-51(49)55)56(43-27-25-40(26-28-43)54-41-30-36-29-37(32-41)33-42(54)31-36)52-24-14-12-22-47(52)45-20-10-9-19-44(45)38-15-5-3-6-16-38/h3-28,34-37,41-42,54H,29-33H2,1-2H3. The van der Waals surface area contributed by atoms with Gasteiger partial charge in [-0.05, 0) is 142 Å². The SMILES string of the molecule is CC1(C)c2ccccc2-c2cc(-c3ccccc3)c(N(c3ccc(C4C5CC6CC(C5)CC4C6)cc3)c3ccccc3-c3ccccc3-c3ccccc3)cc21. The summed E-state index contributed by atoms with van der Waals surface area (Å²) in [6.07, 6.45) is 7.24. The molecule has 0 radical (unpaired) electrons. The number of para-hydroxylation sites is 1. The summed E-state index contributed by atoms with van der Waals surface area (Å²) in [7, 11) is 0. The van der Waals surface area contributed by atoms with Crippen molar-refractivity contribution < 1.29 is 0 Å². The molecule has 0 heterocycles. The normalized spacial score (nSPS) is 22.4. The smallest absolute Gasteiger partial charge is 0.0543 e. The van der Waals surface area contributed by atoms with Crippen LogP contribution in [0.25, 0.3) is 44.5 Å². The lowest BCUT2D eigenvalue weighted by Gasteiger charge is -2.54. The Hall–Kier alpha value is -5.66. The van der Waals surface area contributed by atoms with E-state index in [2.05, 4.69) is 189 Å². The average Bonchev–Trinajstić information content (AvgIpc) is 3.46. The average molecular weight is 724 g/mol. The van der Waals surface area contributed by atoms with E-state index in [1.165, 1.54) is 105 Å². The van der Waals surface area contributed by atoms with Gasteiger partial charge in [0.25, 0.3) is 0 Å². The van der Waals surface area contributed by atoms with Crippen LogP contribution < -0.4 is 4.90 Å². The van der Waals surface area contributed by atoms with Crippen LogP contribution in [0.3, 0.4) is 0 Å². The zero-order valence-corrected chi connectivity index (χ0v) is 32.5. The first kappa shape index (κ1) is 33.7. The predicted molar refractivity (Wildman–Crippen MR) is 235 cm³/mol. The first-order valence-electron chi connectivity index (χ1n) is 21.0. The number of fused-ring (bicyclic) bond motifs is 3. The second kappa shape index (κ2) is 13.2. The van der Waals surface area contributed by atoms with Crippen LogP contribution >= 0.6 is 0 Å². The second-order valence-corrected chi connectivity index (χ2v) is 17.8. The summed E-state index contributed by atoms with van der Waals surface area (Å²) in [6.45, 7) is 4.80. The van der Waals surface area contributed by atoms with Gasteiger partial charge in [-0.25, -0.2) is 0 Å². The van der Waals surface area contributed by atoms with Gasteiger partial charge in [0, 0.05) is 22.2 Å². The lowest BCUT2D eigenvalue weighted by molar-refractivity contribution is -0.00277. The van der Waals surface area contributed by atoms with E-state index in [1.807, 2.05) is 0 Å². The molecule has 0 spiro atoms. The molecule has 12 rings (SSSR count). The molecule has 0 unspecified atom stereocenters. The maximum atomic E-state index is 2.58. The highest BCUT2D eigenvalue weighted by molar-refractivity contribution is 5.99. The molecule has 1 heteroatoms. The number of hydrogen-bond donors (Lipinski definition) is 0. The van der Waals surface area contributed by atoms with Crippen LogP contribution in [0, 0.1) is 23.7 Å². The zero-order chi connectivity index (χ0) is 37.4. The minimum Gasteiger partial charge on any atom is -0.309 e. The summed E-state index contributed by atoms with van der Waals surface area (Å²) in [6, 6.07) is 63.9. The molecule has 1 nitrogen and oxygen atoms in total. The Morgan fingerprint density at radius 2 is 0.946 bits per heavy atom. The molecule has 4 bridgehead atoms. The maximum Gasteiger partial charge on any atom is 0.0543 e. The van der Waals surface area contributed by atoms with Gasteiger partial charge in [0.2, 0.25) is 0 Å². The molecule has 56 heavy (non-hydrogen) atoms. The minimum absolute atomic E-state index is 0.135. The van der Waals surface area contributed by atoms with E-state index < -0.39 is 0 Å². The van der Waals surface area contributed by atoms with Gasteiger partial charge in [-0.15, -0.1) is 0 Å². The Bertz CT molecular complexity index is 2530. The van der Waals surface area contributed by atoms with Crippen LogP contribution in [0.2, 0.25) is 0 Å². The van der Waals surface area contributed by atoms with Crippen LogP contribution in [0.15, 0.2) is 170 Å². The van der Waals surface area contributed by atoms with E-state index in [9.17, 15) is 0 Å². The molecule has 0 N–H and O–H groups in total. The summed E-state index contributed by atoms with van der Waals surface area (Å²) >= 11 is 0. The minimum atomic E-state index is -0.135. The van der Waals surface area contributed by atoms with E-state index >= 15 is 0 Å². The third-order valence-electron chi connectivity index (χ3n) is 14.2. The van der Waals surface area contributed by atoms with Crippen molar-refractivity contribution in [3.8, 4) is 44.5 Å². The van der Waals surface area contributed by atoms with Crippen LogP contribution in [0.1, 0.15) is 68.6 Å². The molecule has 4 fully saturated rings. The largest absolute Gasteiger partial charge is 0.309 e. The Kier molecular flexibility index (Phi) is 7.95. The number of hydrogen-bond acceptors (Lipinski definition) is 1. The van der Waals surface area contributed by atoms with Crippen LogP contribution in [0.5, 0.6) is 0 Å². The monoisotopic (exact) mass is 723 g/mol. The van der Waals surface area contributed by atoms with E-state index in [0.29, 0.717) is 5.92 Å². The third-order valence-corrected chi connectivity index (χ3v) is 14.2. The highest BCUT2D eigenvalue weighted by Gasteiger charge is 2.48. The third kappa shape index (κ3) is 5.42. The van der Waals surface area contributed by atoms with Crippen molar-refractivity contribution in [2.75, 3.05) is 4.90 Å². The summed E-state index contributed by atoms with van der Waals surface area (Å²) < 4.78 is 0. The number of nitrogens with zero attached hydrogens (tertiary/aromatic N) is 1. The molecule has 7 aromatic rings. The number of anilines is 3. The number of rotatable bonds is 7. The topological polar surface area (TPSA) is 3.24 Å². The predicted octanol–water partition coefficient (Wildman–Crippen LogP) is 15.0. The molecule has 5 aliphatic carbocycles. The fourth-order valence-corrected chi connectivity index (χ4v) is 12.0. The van der Waals surface area contributed by atoms with Gasteiger partial charge in [0.05, 0.1) is 11.4 Å². The lowest BCUT2D eigenvalue weighted by atomic mass is 9.51. The van der Waals surface area contributed by atoms with Gasteiger partial charge in [-0.1, -0.05) is 153 Å². The highest BCUT2D eigenvalue weighted by Crippen LogP contribution is 2.60. The maximum absolute atomic E-state index is 2.58. The van der Waals surface area contributed by atoms with E-state index in [0.717, 1.165) is 23.7 Å². The first-order valence-corrected chi connectivity index (χ1v) is 21.0. The molecule has 0 aliphatic heterocycles. The molecule has 5 aliphatic rings. The van der Waals surface area contributed by atoms with Crippen molar-refractivity contribution in [1.82, 2.24) is 0 Å². The fraction of sp³-hybridized carbons (Fsp3) is 0.236. The van der Waals surface area contributed by atoms with Gasteiger partial charge < -0.3 is 4.90 Å². The van der Waals surface area contributed by atoms with Crippen LogP contribution in [0.4, 0.5) is 17.1 Å². The van der Waals surface area contributed by atoms with Gasteiger partial charge in [-0.2, -0.15) is 0 Å². The Morgan fingerprint density at radius 3 is 1.61 bits per heavy atom. The van der Waals surface area contributed by atoms with Crippen LogP contribution in [-0.4, -0.2) is 0 Å². The van der Waals surface area contributed by atoms with Gasteiger partial charge in [-0.3, -0.25) is 0 Å². The summed E-state index contributed by atoms with van der Waals surface area (Å²) in [5.41, 5.74) is 17.9. The van der Waals surface area contributed by atoms with Crippen molar-refractivity contribution in [3.63, 3.8) is 0 Å². The van der Waals surface area contributed by atoms with Crippen molar-refractivity contribution >= 4 is 17.1 Å². The first-order chi connectivity index (χ1) is 27.5. The summed E-state index contributed by atoms with van der Waals surface area (Å²) in [4.78, 5) is 2.58. The highest BCUT2D eigenvalue weighted by atomic mass is 15.1. The quantitative estimate of drug-likeness (QED) is 0.158. The summed E-state index contributed by atoms with van der Waals surface area (Å²) in [5, 5.41) is 0. The molecule has 0 amide bonds. The van der Waals surface area contributed by atoms with Crippen molar-refractivity contribution in [3.05, 3.63) is 187 Å². The lowest BCUT2D eigenvalue weighted by Crippen LogP contribution is -2.43. The number of benzene rings is 7. The van der Waals surface area contributed by atoms with Crippen molar-refractivity contribution in [2.24, 2.45) is 23.7 Å². The zero-order valence-electron chi connectivity index (χ0n) is 32.5. The van der Waals surface area contributed by atoms with Gasteiger partial charge >= 0.3 is 0 Å². The molecule has 4 saturated carbocycles. The molecular weight excluding hydrogens is 675 g/mol. The molecule has 274 valence electrons. The molecule has 0 atom stereocenters. The van der Waals surface area contributed by atoms with Crippen molar-refractivity contribution in [2.45, 2.75) is 57.3 Å². The molecule has 7 aromatic carbocycles. The Labute approximate surface area is 332 Å². The molecular formula is C55H49N. The Morgan fingerprint density at radius 1 is 0.411 bits per heavy atom. The van der Waals surface area contributed by atoms with Gasteiger partial charge in [0.15, 0.2) is 0 Å².